The molecule has 0 radical (unpaired) electrons. The van der Waals surface area contributed by atoms with Crippen LogP contribution in [0, 0.1) is 0 Å². The van der Waals surface area contributed by atoms with Crippen molar-refractivity contribution in [1.82, 2.24) is 10.2 Å². The maximum Gasteiger partial charge on any atom is 0.243 e. The Morgan fingerprint density at radius 1 is 1.00 bits per heavy atom. The number of rotatable bonds is 5. The molecule has 3 N–H and O–H groups in total. The van der Waals surface area contributed by atoms with E-state index in [9.17, 15) is 9.59 Å². The van der Waals surface area contributed by atoms with E-state index in [2.05, 4.69) is 20.9 Å². The highest BCUT2D eigenvalue weighted by Gasteiger charge is 2.21. The van der Waals surface area contributed by atoms with Crippen molar-refractivity contribution in [2.24, 2.45) is 0 Å². The summed E-state index contributed by atoms with van der Waals surface area (Å²) in [5.74, 6) is -0.102. The lowest BCUT2D eigenvalue weighted by molar-refractivity contribution is -0.121. The molecule has 28 heavy (non-hydrogen) atoms. The van der Waals surface area contributed by atoms with E-state index in [0.29, 0.717) is 32.0 Å². The first kappa shape index (κ1) is 24.7. The molecule has 2 saturated heterocycles. The van der Waals surface area contributed by atoms with E-state index in [4.69, 9.17) is 4.74 Å². The van der Waals surface area contributed by atoms with Crippen molar-refractivity contribution >= 4 is 48.0 Å². The average Bonchev–Trinajstić information content (AvgIpc) is 2.92. The summed E-state index contributed by atoms with van der Waals surface area (Å²) in [6.07, 6.45) is 4.85. The summed E-state index contributed by atoms with van der Waals surface area (Å²) < 4.78 is 5.30. The lowest BCUT2D eigenvalue weighted by Gasteiger charge is -2.23. The van der Waals surface area contributed by atoms with Gasteiger partial charge in [0.1, 0.15) is 6.04 Å². The Morgan fingerprint density at radius 3 is 2.18 bits per heavy atom. The third kappa shape index (κ3) is 7.93. The van der Waals surface area contributed by atoms with Crippen LogP contribution in [-0.2, 0) is 14.3 Å². The van der Waals surface area contributed by atoms with Crippen LogP contribution in [-0.4, -0.2) is 62.1 Å². The van der Waals surface area contributed by atoms with Crippen molar-refractivity contribution in [1.29, 1.82) is 0 Å². The number of carbonyl (C=O) groups excluding carboxylic acids is 2. The van der Waals surface area contributed by atoms with Gasteiger partial charge in [-0.25, -0.2) is 0 Å². The number of nitrogens with one attached hydrogen (secondary N) is 3. The molecule has 2 heterocycles. The number of halogens is 2. The van der Waals surface area contributed by atoms with Crippen LogP contribution in [0.5, 0.6) is 0 Å². The molecule has 2 fully saturated rings. The summed E-state index contributed by atoms with van der Waals surface area (Å²) in [5.41, 5.74) is 1.44. The van der Waals surface area contributed by atoms with Gasteiger partial charge in [-0.3, -0.25) is 14.5 Å². The van der Waals surface area contributed by atoms with Crippen molar-refractivity contribution in [2.75, 3.05) is 50.0 Å². The first-order valence-electron chi connectivity index (χ1n) is 9.45. The highest BCUT2D eigenvalue weighted by Crippen LogP contribution is 2.15. The number of morpholine rings is 1. The number of carbonyl (C=O) groups is 2. The van der Waals surface area contributed by atoms with Crippen molar-refractivity contribution in [3.63, 3.8) is 0 Å². The summed E-state index contributed by atoms with van der Waals surface area (Å²) >= 11 is 0. The molecule has 2 amide bonds. The third-order valence-electron chi connectivity index (χ3n) is 4.74. The lowest BCUT2D eigenvalue weighted by Crippen LogP contribution is -2.48. The van der Waals surface area contributed by atoms with Gasteiger partial charge in [-0.2, -0.15) is 0 Å². The lowest BCUT2D eigenvalue weighted by atomic mass is 10.2. The van der Waals surface area contributed by atoms with Gasteiger partial charge in [-0.15, -0.1) is 24.8 Å². The normalized spacial score (nSPS) is 20.1. The molecule has 1 aromatic rings. The van der Waals surface area contributed by atoms with Gasteiger partial charge in [-0.05, 0) is 50.2 Å². The fourth-order valence-corrected chi connectivity index (χ4v) is 3.30. The van der Waals surface area contributed by atoms with Gasteiger partial charge in [0.2, 0.25) is 11.8 Å². The highest BCUT2D eigenvalue weighted by molar-refractivity contribution is 5.96. The van der Waals surface area contributed by atoms with Crippen LogP contribution in [0.2, 0.25) is 0 Å². The van der Waals surface area contributed by atoms with E-state index < -0.39 is 0 Å². The molecule has 2 aliphatic rings. The van der Waals surface area contributed by atoms with E-state index >= 15 is 0 Å². The Kier molecular flexibility index (Phi) is 11.4. The molecule has 2 aliphatic heterocycles. The van der Waals surface area contributed by atoms with Crippen LogP contribution in [0.1, 0.15) is 25.7 Å². The predicted molar refractivity (Wildman–Crippen MR) is 116 cm³/mol. The molecule has 0 aliphatic carbocycles. The van der Waals surface area contributed by atoms with Crippen LogP contribution in [0.25, 0.3) is 0 Å². The van der Waals surface area contributed by atoms with Crippen molar-refractivity contribution < 1.29 is 14.3 Å². The molecule has 0 spiro atoms. The zero-order valence-electron chi connectivity index (χ0n) is 15.9. The van der Waals surface area contributed by atoms with Crippen LogP contribution in [0.15, 0.2) is 24.3 Å². The molecule has 0 saturated carbocycles. The number of ether oxygens (including phenoxy) is 1. The predicted octanol–water partition coefficient (Wildman–Crippen LogP) is 2.27. The van der Waals surface area contributed by atoms with E-state index in [1.807, 2.05) is 0 Å². The van der Waals surface area contributed by atoms with Gasteiger partial charge in [-0.1, -0.05) is 12.8 Å². The number of anilines is 2. The summed E-state index contributed by atoms with van der Waals surface area (Å²) in [4.78, 5) is 26.6. The second-order valence-electron chi connectivity index (χ2n) is 6.89. The molecule has 1 aromatic carbocycles. The van der Waals surface area contributed by atoms with Gasteiger partial charge in [0.15, 0.2) is 0 Å². The topological polar surface area (TPSA) is 82.7 Å². The standard InChI is InChI=1S/C19H28N4O3.2ClH/c24-18(13-23-10-3-1-2-4-11-23)21-15-5-7-16(8-6-15)22-19(25)17-14-26-12-9-20-17;;/h5-8,17,20H,1-4,9-14H2,(H,21,24)(H,22,25);2*1H. The molecule has 7 nitrogen and oxygen atoms in total. The number of amides is 2. The quantitative estimate of drug-likeness (QED) is 0.664. The fourth-order valence-electron chi connectivity index (χ4n) is 3.30. The van der Waals surface area contributed by atoms with Gasteiger partial charge in [0, 0.05) is 17.9 Å². The first-order chi connectivity index (χ1) is 12.7. The summed E-state index contributed by atoms with van der Waals surface area (Å²) in [6, 6.07) is 6.88. The maximum absolute atomic E-state index is 12.2. The van der Waals surface area contributed by atoms with E-state index in [-0.39, 0.29) is 42.7 Å². The van der Waals surface area contributed by atoms with Gasteiger partial charge >= 0.3 is 0 Å². The van der Waals surface area contributed by atoms with E-state index in [1.54, 1.807) is 24.3 Å². The monoisotopic (exact) mass is 432 g/mol. The Morgan fingerprint density at radius 2 is 1.61 bits per heavy atom. The Bertz CT molecular complexity index is 602. The number of nitrogens with zero attached hydrogens (tertiary/aromatic N) is 1. The SMILES string of the molecule is Cl.Cl.O=C(CN1CCCCCC1)Nc1ccc(NC(=O)C2COCCN2)cc1. The molecule has 1 atom stereocenters. The zero-order valence-corrected chi connectivity index (χ0v) is 17.6. The summed E-state index contributed by atoms with van der Waals surface area (Å²) in [7, 11) is 0. The molecule has 1 unspecified atom stereocenters. The molecule has 0 aromatic heterocycles. The molecular weight excluding hydrogens is 403 g/mol. The van der Waals surface area contributed by atoms with Crippen molar-refractivity contribution in [3.05, 3.63) is 24.3 Å². The first-order valence-corrected chi connectivity index (χ1v) is 9.45. The molecule has 0 bridgehead atoms. The molecule has 9 heteroatoms. The van der Waals surface area contributed by atoms with Crippen LogP contribution in [0.4, 0.5) is 11.4 Å². The van der Waals surface area contributed by atoms with Crippen LogP contribution < -0.4 is 16.0 Å². The molecule has 158 valence electrons. The maximum atomic E-state index is 12.2. The number of likely N-dealkylation sites (tertiary alicyclic amines) is 1. The van der Waals surface area contributed by atoms with Crippen LogP contribution >= 0.6 is 24.8 Å². The third-order valence-corrected chi connectivity index (χ3v) is 4.74. The minimum absolute atomic E-state index is 0. The van der Waals surface area contributed by atoms with Crippen molar-refractivity contribution in [2.45, 2.75) is 31.7 Å². The van der Waals surface area contributed by atoms with Gasteiger partial charge < -0.3 is 20.7 Å². The molecular formula is C19H30Cl2N4O3. The zero-order chi connectivity index (χ0) is 18.2. The summed E-state index contributed by atoms with van der Waals surface area (Å²) in [6.45, 7) is 4.13. The van der Waals surface area contributed by atoms with Crippen LogP contribution in [0.3, 0.4) is 0 Å². The second kappa shape index (κ2) is 13.0. The number of hydrogen-bond donors (Lipinski definition) is 3. The number of benzene rings is 1. The number of hydrogen-bond acceptors (Lipinski definition) is 5. The highest BCUT2D eigenvalue weighted by atomic mass is 35.5. The summed E-state index contributed by atoms with van der Waals surface area (Å²) in [5, 5.41) is 8.91. The van der Waals surface area contributed by atoms with Gasteiger partial charge in [0.05, 0.1) is 19.8 Å². The average molecular weight is 433 g/mol. The second-order valence-corrected chi connectivity index (χ2v) is 6.89. The van der Waals surface area contributed by atoms with E-state index in [0.717, 1.165) is 18.8 Å². The Balaban J connectivity index is 0.00000196. The van der Waals surface area contributed by atoms with Gasteiger partial charge in [0.25, 0.3) is 0 Å². The van der Waals surface area contributed by atoms with E-state index in [1.165, 1.54) is 25.7 Å². The Labute approximate surface area is 178 Å². The minimum atomic E-state index is -0.322. The largest absolute Gasteiger partial charge is 0.378 e. The minimum Gasteiger partial charge on any atom is -0.378 e. The fraction of sp³-hybridized carbons (Fsp3) is 0.579. The van der Waals surface area contributed by atoms with Crippen molar-refractivity contribution in [3.8, 4) is 0 Å². The molecule has 3 rings (SSSR count). The smallest absolute Gasteiger partial charge is 0.243 e. The Hall–Kier alpha value is -1.38.